The fraction of sp³-hybridized carbons (Fsp3) is 0.833. The lowest BCUT2D eigenvalue weighted by Gasteiger charge is -2.43. The summed E-state index contributed by atoms with van der Waals surface area (Å²) in [5.74, 6) is 1.03. The summed E-state index contributed by atoms with van der Waals surface area (Å²) in [6, 6.07) is -0.319. The van der Waals surface area contributed by atoms with Crippen LogP contribution < -0.4 is 5.32 Å². The summed E-state index contributed by atoms with van der Waals surface area (Å²) in [7, 11) is 0. The fourth-order valence-corrected chi connectivity index (χ4v) is 3.17. The molecule has 2 rings (SSSR count). The van der Waals surface area contributed by atoms with Crippen molar-refractivity contribution in [3.63, 3.8) is 0 Å². The molecule has 0 bridgehead atoms. The van der Waals surface area contributed by atoms with Crippen LogP contribution in [0.1, 0.15) is 32.6 Å². The normalized spacial score (nSPS) is 27.6. The smallest absolute Gasteiger partial charge is 0.249 e. The van der Waals surface area contributed by atoms with Gasteiger partial charge in [-0.25, -0.2) is 0 Å². The second-order valence-corrected chi connectivity index (χ2v) is 5.93. The standard InChI is InChI=1S/C12H20N2O2S/c1-9-10(15)13-12(5-3-4-6-12)11(16)14(9)7-8-17-2/h9H,3-8H2,1-2H3,(H,13,15). The predicted octanol–water partition coefficient (Wildman–Crippen LogP) is 1.01. The molecule has 2 aliphatic rings. The lowest BCUT2D eigenvalue weighted by Crippen LogP contribution is -2.69. The molecule has 1 heterocycles. The van der Waals surface area contributed by atoms with Gasteiger partial charge in [0, 0.05) is 12.3 Å². The van der Waals surface area contributed by atoms with Gasteiger partial charge in [0.2, 0.25) is 11.8 Å². The molecule has 1 unspecified atom stereocenters. The van der Waals surface area contributed by atoms with E-state index in [0.717, 1.165) is 31.4 Å². The zero-order valence-corrected chi connectivity index (χ0v) is 11.3. The van der Waals surface area contributed by atoms with Crippen molar-refractivity contribution in [2.45, 2.75) is 44.2 Å². The number of piperazine rings is 1. The highest BCUT2D eigenvalue weighted by Crippen LogP contribution is 2.34. The highest BCUT2D eigenvalue weighted by molar-refractivity contribution is 7.98. The molecule has 0 aromatic carbocycles. The van der Waals surface area contributed by atoms with E-state index in [2.05, 4.69) is 5.32 Å². The monoisotopic (exact) mass is 256 g/mol. The number of carbonyl (C=O) groups excluding carboxylic acids is 2. The highest BCUT2D eigenvalue weighted by atomic mass is 32.2. The summed E-state index contributed by atoms with van der Waals surface area (Å²) >= 11 is 1.71. The number of carbonyl (C=O) groups is 2. The van der Waals surface area contributed by atoms with E-state index in [1.165, 1.54) is 0 Å². The molecule has 1 saturated carbocycles. The fourth-order valence-electron chi connectivity index (χ4n) is 2.79. The summed E-state index contributed by atoms with van der Waals surface area (Å²) in [5, 5.41) is 2.96. The first kappa shape index (κ1) is 12.7. The first-order valence-electron chi connectivity index (χ1n) is 6.23. The van der Waals surface area contributed by atoms with E-state index in [4.69, 9.17) is 0 Å². The van der Waals surface area contributed by atoms with Gasteiger partial charge in [0.25, 0.3) is 0 Å². The first-order valence-corrected chi connectivity index (χ1v) is 7.62. The van der Waals surface area contributed by atoms with Crippen molar-refractivity contribution in [2.24, 2.45) is 0 Å². The van der Waals surface area contributed by atoms with Crippen molar-refractivity contribution in [2.75, 3.05) is 18.6 Å². The van der Waals surface area contributed by atoms with Gasteiger partial charge in [0.1, 0.15) is 11.6 Å². The van der Waals surface area contributed by atoms with Gasteiger partial charge >= 0.3 is 0 Å². The van der Waals surface area contributed by atoms with Crippen LogP contribution >= 0.6 is 11.8 Å². The van der Waals surface area contributed by atoms with Crippen molar-refractivity contribution in [3.05, 3.63) is 0 Å². The minimum absolute atomic E-state index is 0.00704. The Bertz CT molecular complexity index is 326. The molecule has 1 saturated heterocycles. The van der Waals surface area contributed by atoms with Crippen molar-refractivity contribution in [1.29, 1.82) is 0 Å². The molecule has 1 aliphatic heterocycles. The van der Waals surface area contributed by atoms with Crippen LogP contribution in [-0.2, 0) is 9.59 Å². The SMILES string of the molecule is CSCCN1C(=O)C2(CCCC2)NC(=O)C1C. The Kier molecular flexibility index (Phi) is 3.66. The number of nitrogens with one attached hydrogen (secondary N) is 1. The van der Waals surface area contributed by atoms with Crippen LogP contribution in [0.4, 0.5) is 0 Å². The van der Waals surface area contributed by atoms with Crippen LogP contribution in [-0.4, -0.2) is 46.8 Å². The Morgan fingerprint density at radius 3 is 2.65 bits per heavy atom. The van der Waals surface area contributed by atoms with Gasteiger partial charge in [-0.15, -0.1) is 0 Å². The summed E-state index contributed by atoms with van der Waals surface area (Å²) in [4.78, 5) is 26.2. The lowest BCUT2D eigenvalue weighted by molar-refractivity contribution is -0.153. The minimum atomic E-state index is -0.567. The molecule has 17 heavy (non-hydrogen) atoms. The second kappa shape index (κ2) is 4.88. The van der Waals surface area contributed by atoms with E-state index < -0.39 is 5.54 Å². The summed E-state index contributed by atoms with van der Waals surface area (Å²) in [5.41, 5.74) is -0.567. The van der Waals surface area contributed by atoms with Crippen molar-refractivity contribution < 1.29 is 9.59 Å². The van der Waals surface area contributed by atoms with Crippen molar-refractivity contribution in [1.82, 2.24) is 10.2 Å². The van der Waals surface area contributed by atoms with E-state index >= 15 is 0 Å². The predicted molar refractivity (Wildman–Crippen MR) is 68.9 cm³/mol. The van der Waals surface area contributed by atoms with E-state index in [1.54, 1.807) is 16.7 Å². The molecule has 1 aliphatic carbocycles. The summed E-state index contributed by atoms with van der Waals surface area (Å²) < 4.78 is 0. The van der Waals surface area contributed by atoms with Crippen molar-refractivity contribution >= 4 is 23.6 Å². The number of hydrogen-bond acceptors (Lipinski definition) is 3. The first-order chi connectivity index (χ1) is 8.10. The third-order valence-corrected chi connectivity index (χ3v) is 4.46. The second-order valence-electron chi connectivity index (χ2n) is 4.95. The average Bonchev–Trinajstić information content (AvgIpc) is 2.76. The Labute approximate surface area is 106 Å². The molecule has 0 aromatic heterocycles. The van der Waals surface area contributed by atoms with Gasteiger partial charge in [-0.3, -0.25) is 9.59 Å². The van der Waals surface area contributed by atoms with Gasteiger partial charge in [-0.1, -0.05) is 12.8 Å². The third kappa shape index (κ3) is 2.17. The number of hydrogen-bond donors (Lipinski definition) is 1. The summed E-state index contributed by atoms with van der Waals surface area (Å²) in [6.07, 6.45) is 5.71. The van der Waals surface area contributed by atoms with Gasteiger partial charge in [-0.05, 0) is 26.0 Å². The molecule has 1 N–H and O–H groups in total. The highest BCUT2D eigenvalue weighted by Gasteiger charge is 2.50. The molecule has 96 valence electrons. The number of rotatable bonds is 3. The Hall–Kier alpha value is -0.710. The largest absolute Gasteiger partial charge is 0.340 e. The molecule has 4 nitrogen and oxygen atoms in total. The molecule has 5 heteroatoms. The topological polar surface area (TPSA) is 49.4 Å². The van der Waals surface area contributed by atoms with E-state index in [-0.39, 0.29) is 17.9 Å². The molecular formula is C12H20N2O2S. The maximum Gasteiger partial charge on any atom is 0.249 e. The van der Waals surface area contributed by atoms with Crippen LogP contribution in [0.25, 0.3) is 0 Å². The Morgan fingerprint density at radius 1 is 1.41 bits per heavy atom. The molecule has 2 amide bonds. The molecular weight excluding hydrogens is 236 g/mol. The molecule has 2 fully saturated rings. The van der Waals surface area contributed by atoms with Gasteiger partial charge in [0.15, 0.2) is 0 Å². The van der Waals surface area contributed by atoms with Crippen LogP contribution in [0.5, 0.6) is 0 Å². The minimum Gasteiger partial charge on any atom is -0.340 e. The zero-order chi connectivity index (χ0) is 12.5. The van der Waals surface area contributed by atoms with Gasteiger partial charge in [0.05, 0.1) is 0 Å². The van der Waals surface area contributed by atoms with E-state index in [9.17, 15) is 9.59 Å². The number of amides is 2. The average molecular weight is 256 g/mol. The third-order valence-electron chi connectivity index (χ3n) is 3.87. The quantitative estimate of drug-likeness (QED) is 0.820. The molecule has 0 aromatic rings. The van der Waals surface area contributed by atoms with Crippen LogP contribution in [0, 0.1) is 0 Å². The number of nitrogens with zero attached hydrogens (tertiary/aromatic N) is 1. The number of thioether (sulfide) groups is 1. The van der Waals surface area contributed by atoms with Crippen LogP contribution in [0.2, 0.25) is 0 Å². The van der Waals surface area contributed by atoms with Gasteiger partial charge in [-0.2, -0.15) is 11.8 Å². The maximum atomic E-state index is 12.5. The maximum absolute atomic E-state index is 12.5. The van der Waals surface area contributed by atoms with Crippen LogP contribution in [0.15, 0.2) is 0 Å². The molecule has 0 radical (unpaired) electrons. The van der Waals surface area contributed by atoms with E-state index in [1.807, 2.05) is 13.2 Å². The van der Waals surface area contributed by atoms with Crippen molar-refractivity contribution in [3.8, 4) is 0 Å². The zero-order valence-electron chi connectivity index (χ0n) is 10.5. The summed E-state index contributed by atoms with van der Waals surface area (Å²) in [6.45, 7) is 2.49. The lowest BCUT2D eigenvalue weighted by atomic mass is 9.91. The van der Waals surface area contributed by atoms with E-state index in [0.29, 0.717) is 6.54 Å². The Morgan fingerprint density at radius 2 is 2.06 bits per heavy atom. The van der Waals surface area contributed by atoms with Gasteiger partial charge < -0.3 is 10.2 Å². The molecule has 1 atom stereocenters. The van der Waals surface area contributed by atoms with Crippen LogP contribution in [0.3, 0.4) is 0 Å². The molecule has 1 spiro atoms. The Balaban J connectivity index is 2.18.